The molecule has 1 aliphatic heterocycles. The predicted octanol–water partition coefficient (Wildman–Crippen LogP) is 1.99. The first-order valence-electron chi connectivity index (χ1n) is 7.09. The van der Waals surface area contributed by atoms with E-state index < -0.39 is 5.54 Å². The number of hydrogen-bond acceptors (Lipinski definition) is 3. The van der Waals surface area contributed by atoms with Gasteiger partial charge in [-0.1, -0.05) is 13.8 Å². The Hall–Kier alpha value is -0.120. The quantitative estimate of drug-likeness (QED) is 0.718. The van der Waals surface area contributed by atoms with Gasteiger partial charge in [0.05, 0.1) is 6.61 Å². The zero-order chi connectivity index (χ0) is 12.9. The summed E-state index contributed by atoms with van der Waals surface area (Å²) in [5.74, 6) is 0. The van der Waals surface area contributed by atoms with E-state index in [9.17, 15) is 0 Å². The Balaban J connectivity index is 2.27. The van der Waals surface area contributed by atoms with Crippen molar-refractivity contribution in [3.05, 3.63) is 0 Å². The molecular weight excluding hydrogens is 212 g/mol. The smallest absolute Gasteiger partial charge is 0.0608 e. The summed E-state index contributed by atoms with van der Waals surface area (Å²) in [6, 6.07) is 0. The Kier molecular flexibility index (Phi) is 5.42. The maximum atomic E-state index is 9.11. The van der Waals surface area contributed by atoms with Crippen molar-refractivity contribution >= 4 is 0 Å². The van der Waals surface area contributed by atoms with Gasteiger partial charge in [-0.15, -0.1) is 0 Å². The summed E-state index contributed by atoms with van der Waals surface area (Å²) in [5.41, 5.74) is 6.11. The second-order valence-corrected chi connectivity index (χ2v) is 6.15. The van der Waals surface area contributed by atoms with Crippen LogP contribution in [0.1, 0.15) is 52.9 Å². The standard InChI is InChI=1S/C14H30N2O/c1-4-14(5-2)8-10-16(11-14)9-6-7-13(3,15)12-17/h17H,4-12,15H2,1-3H3. The fourth-order valence-corrected chi connectivity index (χ4v) is 2.83. The molecule has 0 aliphatic carbocycles. The second-order valence-electron chi connectivity index (χ2n) is 6.15. The van der Waals surface area contributed by atoms with E-state index in [0.717, 1.165) is 19.4 Å². The molecule has 0 amide bonds. The van der Waals surface area contributed by atoms with Gasteiger partial charge in [0.25, 0.3) is 0 Å². The van der Waals surface area contributed by atoms with Gasteiger partial charge in [0.15, 0.2) is 0 Å². The molecule has 1 aliphatic rings. The maximum Gasteiger partial charge on any atom is 0.0608 e. The molecule has 102 valence electrons. The molecule has 1 fully saturated rings. The molecule has 0 spiro atoms. The number of aliphatic hydroxyl groups is 1. The minimum absolute atomic E-state index is 0.0842. The van der Waals surface area contributed by atoms with Crippen LogP contribution in [0.4, 0.5) is 0 Å². The van der Waals surface area contributed by atoms with Crippen molar-refractivity contribution in [2.45, 2.75) is 58.4 Å². The lowest BCUT2D eigenvalue weighted by Gasteiger charge is -2.27. The average molecular weight is 242 g/mol. The average Bonchev–Trinajstić information content (AvgIpc) is 2.73. The molecule has 1 unspecified atom stereocenters. The Morgan fingerprint density at radius 2 is 2.00 bits per heavy atom. The van der Waals surface area contributed by atoms with E-state index >= 15 is 0 Å². The highest BCUT2D eigenvalue weighted by molar-refractivity contribution is 4.88. The summed E-state index contributed by atoms with van der Waals surface area (Å²) in [7, 11) is 0. The minimum atomic E-state index is -0.397. The van der Waals surface area contributed by atoms with Crippen molar-refractivity contribution in [3.63, 3.8) is 0 Å². The third kappa shape index (κ3) is 4.23. The van der Waals surface area contributed by atoms with Gasteiger partial charge in [-0.05, 0) is 57.5 Å². The van der Waals surface area contributed by atoms with Gasteiger partial charge in [-0.3, -0.25) is 0 Å². The molecule has 0 radical (unpaired) electrons. The lowest BCUT2D eigenvalue weighted by atomic mass is 9.82. The third-order valence-electron chi connectivity index (χ3n) is 4.60. The zero-order valence-electron chi connectivity index (χ0n) is 11.8. The van der Waals surface area contributed by atoms with Crippen LogP contribution in [0.2, 0.25) is 0 Å². The Morgan fingerprint density at radius 1 is 1.35 bits per heavy atom. The Bertz CT molecular complexity index is 224. The highest BCUT2D eigenvalue weighted by atomic mass is 16.3. The van der Waals surface area contributed by atoms with Crippen LogP contribution >= 0.6 is 0 Å². The summed E-state index contributed by atoms with van der Waals surface area (Å²) in [6.07, 6.45) is 5.94. The molecule has 0 bridgehead atoms. The number of nitrogens with zero attached hydrogens (tertiary/aromatic N) is 1. The van der Waals surface area contributed by atoms with E-state index in [1.165, 1.54) is 32.4 Å². The first-order chi connectivity index (χ1) is 7.97. The molecule has 3 N–H and O–H groups in total. The lowest BCUT2D eigenvalue weighted by Crippen LogP contribution is -2.40. The topological polar surface area (TPSA) is 49.5 Å². The monoisotopic (exact) mass is 242 g/mol. The van der Waals surface area contributed by atoms with Crippen LogP contribution in [0.15, 0.2) is 0 Å². The first-order valence-corrected chi connectivity index (χ1v) is 7.09. The molecule has 1 atom stereocenters. The summed E-state index contributed by atoms with van der Waals surface area (Å²) in [4.78, 5) is 2.57. The molecule has 0 aromatic heterocycles. The maximum absolute atomic E-state index is 9.11. The Labute approximate surface area is 106 Å². The van der Waals surface area contributed by atoms with Gasteiger partial charge in [0.2, 0.25) is 0 Å². The molecule has 1 rings (SSSR count). The number of hydrogen-bond donors (Lipinski definition) is 2. The van der Waals surface area contributed by atoms with Crippen LogP contribution in [0.25, 0.3) is 0 Å². The molecule has 1 heterocycles. The van der Waals surface area contributed by atoms with Crippen LogP contribution in [0.3, 0.4) is 0 Å². The van der Waals surface area contributed by atoms with Gasteiger partial charge in [0, 0.05) is 12.1 Å². The normalized spacial score (nSPS) is 23.8. The SMILES string of the molecule is CCC1(CC)CCN(CCCC(C)(N)CO)C1. The van der Waals surface area contributed by atoms with E-state index in [1.54, 1.807) is 0 Å². The van der Waals surface area contributed by atoms with Gasteiger partial charge in [-0.2, -0.15) is 0 Å². The van der Waals surface area contributed by atoms with Crippen LogP contribution < -0.4 is 5.73 Å². The van der Waals surface area contributed by atoms with Crippen molar-refractivity contribution < 1.29 is 5.11 Å². The molecule has 0 aromatic carbocycles. The fraction of sp³-hybridized carbons (Fsp3) is 1.00. The zero-order valence-corrected chi connectivity index (χ0v) is 11.8. The van der Waals surface area contributed by atoms with Crippen molar-refractivity contribution in [3.8, 4) is 0 Å². The highest BCUT2D eigenvalue weighted by Gasteiger charge is 2.34. The van der Waals surface area contributed by atoms with Gasteiger partial charge in [0.1, 0.15) is 0 Å². The van der Waals surface area contributed by atoms with Gasteiger partial charge < -0.3 is 15.7 Å². The molecule has 3 heteroatoms. The summed E-state index contributed by atoms with van der Waals surface area (Å²) in [5, 5.41) is 9.11. The summed E-state index contributed by atoms with van der Waals surface area (Å²) >= 11 is 0. The molecule has 1 saturated heterocycles. The van der Waals surface area contributed by atoms with E-state index in [-0.39, 0.29) is 6.61 Å². The summed E-state index contributed by atoms with van der Waals surface area (Å²) < 4.78 is 0. The lowest BCUT2D eigenvalue weighted by molar-refractivity contribution is 0.187. The second kappa shape index (κ2) is 6.17. The number of likely N-dealkylation sites (tertiary alicyclic amines) is 1. The van der Waals surface area contributed by atoms with E-state index in [2.05, 4.69) is 18.7 Å². The van der Waals surface area contributed by atoms with Crippen LogP contribution in [0.5, 0.6) is 0 Å². The third-order valence-corrected chi connectivity index (χ3v) is 4.60. The van der Waals surface area contributed by atoms with Crippen LogP contribution in [-0.4, -0.2) is 41.8 Å². The molecule has 0 saturated carbocycles. The Morgan fingerprint density at radius 3 is 2.47 bits per heavy atom. The molecule has 3 nitrogen and oxygen atoms in total. The van der Waals surface area contributed by atoms with Crippen molar-refractivity contribution in [2.24, 2.45) is 11.1 Å². The largest absolute Gasteiger partial charge is 0.394 e. The van der Waals surface area contributed by atoms with E-state index in [1.807, 2.05) is 6.92 Å². The summed E-state index contributed by atoms with van der Waals surface area (Å²) in [6.45, 7) is 10.3. The van der Waals surface area contributed by atoms with E-state index in [0.29, 0.717) is 5.41 Å². The first kappa shape index (κ1) is 14.9. The molecule has 17 heavy (non-hydrogen) atoms. The number of rotatable bonds is 7. The fourth-order valence-electron chi connectivity index (χ4n) is 2.83. The molecular formula is C14H30N2O. The van der Waals surface area contributed by atoms with Crippen LogP contribution in [0, 0.1) is 5.41 Å². The predicted molar refractivity (Wildman–Crippen MR) is 73.0 cm³/mol. The minimum Gasteiger partial charge on any atom is -0.394 e. The van der Waals surface area contributed by atoms with Gasteiger partial charge >= 0.3 is 0 Å². The van der Waals surface area contributed by atoms with Crippen molar-refractivity contribution in [1.82, 2.24) is 4.90 Å². The van der Waals surface area contributed by atoms with Crippen molar-refractivity contribution in [2.75, 3.05) is 26.2 Å². The van der Waals surface area contributed by atoms with Crippen LogP contribution in [-0.2, 0) is 0 Å². The van der Waals surface area contributed by atoms with E-state index in [4.69, 9.17) is 10.8 Å². The van der Waals surface area contributed by atoms with Crippen molar-refractivity contribution in [1.29, 1.82) is 0 Å². The number of nitrogens with two attached hydrogens (primary N) is 1. The highest BCUT2D eigenvalue weighted by Crippen LogP contribution is 2.36. The number of aliphatic hydroxyl groups excluding tert-OH is 1. The molecule has 0 aromatic rings. The van der Waals surface area contributed by atoms with Gasteiger partial charge in [-0.25, -0.2) is 0 Å².